The summed E-state index contributed by atoms with van der Waals surface area (Å²) in [6, 6.07) is 10.3. The van der Waals surface area contributed by atoms with Crippen molar-refractivity contribution in [1.82, 2.24) is 4.90 Å². The molecule has 0 aliphatic carbocycles. The summed E-state index contributed by atoms with van der Waals surface area (Å²) in [5.41, 5.74) is 0.837. The summed E-state index contributed by atoms with van der Waals surface area (Å²) >= 11 is 0. The lowest BCUT2D eigenvalue weighted by atomic mass is 9.95. The van der Waals surface area contributed by atoms with Gasteiger partial charge in [-0.15, -0.1) is 0 Å². The van der Waals surface area contributed by atoms with Crippen LogP contribution in [-0.4, -0.2) is 61.3 Å². The first kappa shape index (κ1) is 22.2. The Balaban J connectivity index is 2.16. The van der Waals surface area contributed by atoms with E-state index in [4.69, 9.17) is 14.2 Å². The van der Waals surface area contributed by atoms with Gasteiger partial charge in [-0.2, -0.15) is 0 Å². The van der Waals surface area contributed by atoms with E-state index in [1.165, 1.54) is 25.2 Å². The minimum atomic E-state index is -0.849. The van der Waals surface area contributed by atoms with Gasteiger partial charge in [0.15, 0.2) is 11.5 Å². The second kappa shape index (κ2) is 9.53. The van der Waals surface area contributed by atoms with E-state index in [0.29, 0.717) is 29.9 Å². The SMILES string of the molecule is COCCCN1C(=O)C(=O)C(=C(O)c2cccc(OC)c2)C1c1ccc(O)c(OC)c1. The zero-order valence-electron chi connectivity index (χ0n) is 17.6. The second-order valence-electron chi connectivity index (χ2n) is 7.00. The number of aliphatic hydroxyl groups excluding tert-OH is 1. The number of carbonyl (C=O) groups is 2. The molecule has 1 unspecified atom stereocenters. The average molecular weight is 427 g/mol. The zero-order chi connectivity index (χ0) is 22.5. The van der Waals surface area contributed by atoms with Crippen molar-refractivity contribution in [3.05, 3.63) is 59.2 Å². The van der Waals surface area contributed by atoms with E-state index in [2.05, 4.69) is 0 Å². The van der Waals surface area contributed by atoms with Gasteiger partial charge in [0.2, 0.25) is 0 Å². The molecule has 31 heavy (non-hydrogen) atoms. The number of nitrogens with zero attached hydrogens (tertiary/aromatic N) is 1. The number of rotatable bonds is 8. The number of likely N-dealkylation sites (tertiary alicyclic amines) is 1. The Labute approximate surface area is 180 Å². The molecule has 0 saturated carbocycles. The lowest BCUT2D eigenvalue weighted by Gasteiger charge is -2.25. The lowest BCUT2D eigenvalue weighted by Crippen LogP contribution is -2.31. The van der Waals surface area contributed by atoms with Crippen molar-refractivity contribution < 1.29 is 34.0 Å². The molecule has 1 aliphatic heterocycles. The molecule has 3 rings (SSSR count). The third kappa shape index (κ3) is 4.34. The number of hydrogen-bond acceptors (Lipinski definition) is 7. The normalized spacial score (nSPS) is 17.8. The van der Waals surface area contributed by atoms with Gasteiger partial charge in [-0.1, -0.05) is 18.2 Å². The number of phenols is 1. The van der Waals surface area contributed by atoms with Gasteiger partial charge in [-0.3, -0.25) is 9.59 Å². The van der Waals surface area contributed by atoms with Crippen LogP contribution in [0.5, 0.6) is 17.2 Å². The van der Waals surface area contributed by atoms with Crippen LogP contribution in [0.3, 0.4) is 0 Å². The standard InChI is InChI=1S/C23H25NO7/c1-29-11-5-10-24-20(14-8-9-17(25)18(13-14)31-3)19(22(27)23(24)28)21(26)15-6-4-7-16(12-15)30-2/h4,6-9,12-13,20,25-26H,5,10-11H2,1-3H3. The first-order valence-electron chi connectivity index (χ1n) is 9.71. The van der Waals surface area contributed by atoms with Gasteiger partial charge in [0.25, 0.3) is 11.7 Å². The quantitative estimate of drug-likeness (QED) is 0.289. The van der Waals surface area contributed by atoms with Gasteiger partial charge in [-0.25, -0.2) is 0 Å². The summed E-state index contributed by atoms with van der Waals surface area (Å²) < 4.78 is 15.5. The van der Waals surface area contributed by atoms with Gasteiger partial charge in [0, 0.05) is 25.8 Å². The van der Waals surface area contributed by atoms with Crippen LogP contribution in [0.15, 0.2) is 48.0 Å². The Morgan fingerprint density at radius 2 is 1.84 bits per heavy atom. The monoisotopic (exact) mass is 427 g/mol. The topological polar surface area (TPSA) is 106 Å². The lowest BCUT2D eigenvalue weighted by molar-refractivity contribution is -0.140. The molecule has 1 amide bonds. The number of benzene rings is 2. The molecule has 1 aliphatic rings. The maximum Gasteiger partial charge on any atom is 0.295 e. The molecular formula is C23H25NO7. The molecular weight excluding hydrogens is 402 g/mol. The number of ketones is 1. The van der Waals surface area contributed by atoms with E-state index in [1.54, 1.807) is 43.5 Å². The highest BCUT2D eigenvalue weighted by Crippen LogP contribution is 2.42. The molecule has 2 N–H and O–H groups in total. The summed E-state index contributed by atoms with van der Waals surface area (Å²) in [4.78, 5) is 27.2. The molecule has 8 nitrogen and oxygen atoms in total. The Kier molecular flexibility index (Phi) is 6.81. The molecule has 2 aromatic rings. The van der Waals surface area contributed by atoms with Crippen LogP contribution in [0, 0.1) is 0 Å². The average Bonchev–Trinajstić information content (AvgIpc) is 3.04. The molecule has 8 heteroatoms. The summed E-state index contributed by atoms with van der Waals surface area (Å²) in [6.45, 7) is 0.658. The smallest absolute Gasteiger partial charge is 0.295 e. The summed E-state index contributed by atoms with van der Waals surface area (Å²) in [6.07, 6.45) is 0.508. The molecule has 0 aromatic heterocycles. The maximum absolute atomic E-state index is 13.0. The van der Waals surface area contributed by atoms with Crippen LogP contribution in [0.2, 0.25) is 0 Å². The number of aromatic hydroxyl groups is 1. The fraction of sp³-hybridized carbons (Fsp3) is 0.304. The molecule has 0 spiro atoms. The van der Waals surface area contributed by atoms with E-state index in [9.17, 15) is 19.8 Å². The number of hydrogen-bond donors (Lipinski definition) is 2. The van der Waals surface area contributed by atoms with Gasteiger partial charge < -0.3 is 29.3 Å². The molecule has 1 fully saturated rings. The van der Waals surface area contributed by atoms with Crippen molar-refractivity contribution in [2.24, 2.45) is 0 Å². The van der Waals surface area contributed by atoms with Crippen LogP contribution in [0.4, 0.5) is 0 Å². The molecule has 1 atom stereocenters. The summed E-state index contributed by atoms with van der Waals surface area (Å²) in [5.74, 6) is -1.17. The third-order valence-electron chi connectivity index (χ3n) is 5.15. The number of carbonyl (C=O) groups excluding carboxylic acids is 2. The fourth-order valence-corrected chi connectivity index (χ4v) is 3.63. The van der Waals surface area contributed by atoms with Crippen molar-refractivity contribution in [1.29, 1.82) is 0 Å². The largest absolute Gasteiger partial charge is 0.507 e. The molecule has 1 saturated heterocycles. The third-order valence-corrected chi connectivity index (χ3v) is 5.15. The van der Waals surface area contributed by atoms with Crippen molar-refractivity contribution in [3.8, 4) is 17.2 Å². The maximum atomic E-state index is 13.0. The van der Waals surface area contributed by atoms with Crippen molar-refractivity contribution >= 4 is 17.4 Å². The van der Waals surface area contributed by atoms with E-state index in [1.807, 2.05) is 0 Å². The van der Waals surface area contributed by atoms with E-state index in [-0.39, 0.29) is 29.4 Å². The number of Topliss-reactive ketones (excluding diaryl/α,β-unsaturated/α-hetero) is 1. The van der Waals surface area contributed by atoms with Crippen LogP contribution in [0.25, 0.3) is 5.76 Å². The number of amides is 1. The van der Waals surface area contributed by atoms with Crippen LogP contribution < -0.4 is 9.47 Å². The Hall–Kier alpha value is -3.52. The first-order chi connectivity index (χ1) is 14.9. The van der Waals surface area contributed by atoms with Gasteiger partial charge >= 0.3 is 0 Å². The van der Waals surface area contributed by atoms with Gasteiger partial charge in [0.1, 0.15) is 11.5 Å². The van der Waals surface area contributed by atoms with Gasteiger partial charge in [0.05, 0.1) is 25.8 Å². The first-order valence-corrected chi connectivity index (χ1v) is 9.71. The summed E-state index contributed by atoms with van der Waals surface area (Å²) in [7, 11) is 4.46. The number of aliphatic hydroxyl groups is 1. The second-order valence-corrected chi connectivity index (χ2v) is 7.00. The molecule has 164 valence electrons. The van der Waals surface area contributed by atoms with E-state index < -0.39 is 17.7 Å². The molecule has 0 radical (unpaired) electrons. The Bertz CT molecular complexity index is 1010. The zero-order valence-corrected chi connectivity index (χ0v) is 17.6. The van der Waals surface area contributed by atoms with Crippen LogP contribution in [-0.2, 0) is 14.3 Å². The summed E-state index contributed by atoms with van der Waals surface area (Å²) in [5, 5.41) is 21.0. The van der Waals surface area contributed by atoms with E-state index in [0.717, 1.165) is 0 Å². The van der Waals surface area contributed by atoms with Crippen LogP contribution >= 0.6 is 0 Å². The predicted molar refractivity (Wildman–Crippen MR) is 113 cm³/mol. The highest BCUT2D eigenvalue weighted by molar-refractivity contribution is 6.46. The van der Waals surface area contributed by atoms with Crippen molar-refractivity contribution in [2.75, 3.05) is 34.5 Å². The van der Waals surface area contributed by atoms with Crippen molar-refractivity contribution in [2.45, 2.75) is 12.5 Å². The Morgan fingerprint density at radius 1 is 1.06 bits per heavy atom. The van der Waals surface area contributed by atoms with E-state index >= 15 is 0 Å². The van der Waals surface area contributed by atoms with Gasteiger partial charge in [-0.05, 0) is 36.2 Å². The highest BCUT2D eigenvalue weighted by Gasteiger charge is 2.46. The number of methoxy groups -OCH3 is 3. The predicted octanol–water partition coefficient (Wildman–Crippen LogP) is 2.87. The van der Waals surface area contributed by atoms with Crippen molar-refractivity contribution in [3.63, 3.8) is 0 Å². The fourth-order valence-electron chi connectivity index (χ4n) is 3.63. The minimum Gasteiger partial charge on any atom is -0.507 e. The molecule has 2 aromatic carbocycles. The number of phenolic OH excluding ortho intramolecular Hbond substituents is 1. The minimum absolute atomic E-state index is 0.0385. The van der Waals surface area contributed by atoms with Crippen LogP contribution in [0.1, 0.15) is 23.6 Å². The highest BCUT2D eigenvalue weighted by atomic mass is 16.5. The Morgan fingerprint density at radius 3 is 2.52 bits per heavy atom. The molecule has 0 bridgehead atoms. The number of ether oxygens (including phenoxy) is 3. The molecule has 1 heterocycles.